The van der Waals surface area contributed by atoms with Gasteiger partial charge in [0.25, 0.3) is 0 Å². The van der Waals surface area contributed by atoms with Gasteiger partial charge in [-0.25, -0.2) is 0 Å². The summed E-state index contributed by atoms with van der Waals surface area (Å²) in [5.74, 6) is -6.48. The number of carbonyl (C=O) groups excluding carboxylic acids is 8. The summed E-state index contributed by atoms with van der Waals surface area (Å²) in [5, 5.41) is 39.5. The lowest BCUT2D eigenvalue weighted by atomic mass is 9.98. The monoisotopic (exact) mass is 1010 g/mol. The number of unbranched alkanes of at least 4 members (excludes halogenated alkanes) is 1. The first-order valence-corrected chi connectivity index (χ1v) is 24.9. The Balaban J connectivity index is 3.45. The molecule has 1 aromatic rings. The van der Waals surface area contributed by atoms with Crippen LogP contribution in [0.5, 0.6) is 0 Å². The lowest BCUT2D eigenvalue weighted by Crippen LogP contribution is -2.61. The second-order valence-electron chi connectivity index (χ2n) is 19.9. The summed E-state index contributed by atoms with van der Waals surface area (Å²) in [6.45, 7) is 17.5. The van der Waals surface area contributed by atoms with E-state index in [-0.39, 0.29) is 81.2 Å². The molecule has 406 valence electrons. The Morgan fingerprint density at radius 1 is 0.556 bits per heavy atom. The number of guanidine groups is 1. The van der Waals surface area contributed by atoms with Crippen molar-refractivity contribution in [2.24, 2.45) is 51.6 Å². The Labute approximate surface area is 425 Å². The third-order valence-electron chi connectivity index (χ3n) is 11.3. The standard InChI is InChI=1S/C49H86N14O9/c1-26(2)22-36(60-45(69)37(23-27(3)4)61-46(70)38(24-28(5)6)62-48(72)40(30(9)64)57-31(10)65)44(68)58-35(15-13-21-55-49(53)54)43(67)63-39(29(7)8)47(71)59-34(14-11-12-20-50)42(66)56-25-32-16-18-33(19-17-32)41(51)52/h16-19,26-30,34-40,64H,11-15,20-25,50H2,1-10H3,(H3,51,52)(H,56,66)(H,57,65)(H,58,68)(H,59,71)(H,60,69)(H,61,70)(H,62,72)(H,63,67)(H4,53,54,55)/t30-,34+,35+,36+,37+,38+,39+,40+/m1/s1. The molecule has 0 aliphatic heterocycles. The molecule has 0 fully saturated rings. The number of rotatable bonds is 33. The van der Waals surface area contributed by atoms with Crippen molar-refractivity contribution in [2.45, 2.75) is 176 Å². The molecule has 72 heavy (non-hydrogen) atoms. The van der Waals surface area contributed by atoms with Crippen LogP contribution in [0.2, 0.25) is 0 Å². The fourth-order valence-corrected chi connectivity index (χ4v) is 7.51. The highest BCUT2D eigenvalue weighted by atomic mass is 16.3. The number of hydrogen-bond donors (Lipinski definition) is 14. The first-order chi connectivity index (χ1) is 33.7. The minimum absolute atomic E-state index is 0.00743. The highest BCUT2D eigenvalue weighted by molar-refractivity contribution is 5.98. The number of carbonyl (C=O) groups is 8. The third-order valence-corrected chi connectivity index (χ3v) is 11.3. The number of nitrogen functional groups attached to an aromatic ring is 1. The van der Waals surface area contributed by atoms with Crippen molar-refractivity contribution in [3.05, 3.63) is 35.4 Å². The fourth-order valence-electron chi connectivity index (χ4n) is 7.51. The van der Waals surface area contributed by atoms with Crippen LogP contribution in [0.25, 0.3) is 0 Å². The zero-order valence-corrected chi connectivity index (χ0v) is 44.0. The topological polar surface area (TPSA) is 393 Å². The first kappa shape index (κ1) is 63.7. The zero-order valence-electron chi connectivity index (χ0n) is 44.0. The Bertz CT molecular complexity index is 1970. The van der Waals surface area contributed by atoms with Gasteiger partial charge in [-0.2, -0.15) is 0 Å². The van der Waals surface area contributed by atoms with E-state index < -0.39 is 102 Å². The molecule has 8 atom stereocenters. The van der Waals surface area contributed by atoms with Crippen molar-refractivity contribution in [3.63, 3.8) is 0 Å². The molecule has 0 radical (unpaired) electrons. The summed E-state index contributed by atoms with van der Waals surface area (Å²) in [5.41, 5.74) is 23.6. The van der Waals surface area contributed by atoms with Gasteiger partial charge in [0, 0.05) is 25.6 Å². The van der Waals surface area contributed by atoms with Gasteiger partial charge >= 0.3 is 0 Å². The lowest BCUT2D eigenvalue weighted by molar-refractivity contribution is -0.136. The molecule has 0 spiro atoms. The van der Waals surface area contributed by atoms with E-state index in [1.165, 1.54) is 13.8 Å². The second kappa shape index (κ2) is 32.6. The minimum atomic E-state index is -1.35. The van der Waals surface area contributed by atoms with Crippen molar-refractivity contribution in [2.75, 3.05) is 13.1 Å². The van der Waals surface area contributed by atoms with E-state index >= 15 is 0 Å². The van der Waals surface area contributed by atoms with E-state index in [4.69, 9.17) is 28.3 Å². The van der Waals surface area contributed by atoms with Crippen molar-refractivity contribution in [1.82, 2.24) is 42.5 Å². The molecule has 1 rings (SSSR count). The van der Waals surface area contributed by atoms with E-state index in [1.807, 2.05) is 41.5 Å². The van der Waals surface area contributed by atoms with Gasteiger partial charge in [-0.3, -0.25) is 48.8 Å². The van der Waals surface area contributed by atoms with Gasteiger partial charge in [0.1, 0.15) is 48.1 Å². The average molecular weight is 1020 g/mol. The number of nitrogens with two attached hydrogens (primary N) is 4. The lowest BCUT2D eigenvalue weighted by Gasteiger charge is -2.30. The van der Waals surface area contributed by atoms with Crippen molar-refractivity contribution >= 4 is 59.1 Å². The van der Waals surface area contributed by atoms with Crippen LogP contribution < -0.4 is 65.5 Å². The zero-order chi connectivity index (χ0) is 54.8. The van der Waals surface area contributed by atoms with Gasteiger partial charge in [0.15, 0.2) is 5.96 Å². The van der Waals surface area contributed by atoms with Crippen LogP contribution in [0.1, 0.15) is 132 Å². The predicted octanol–water partition coefficient (Wildman–Crippen LogP) is -0.642. The normalized spacial score (nSPS) is 14.6. The number of hydrogen-bond acceptors (Lipinski definition) is 12. The number of nitrogens with one attached hydrogen (secondary N) is 9. The fraction of sp³-hybridized carbons (Fsp3) is 0.673. The smallest absolute Gasteiger partial charge is 0.245 e. The molecule has 0 aliphatic carbocycles. The maximum absolute atomic E-state index is 14.3. The molecule has 0 aliphatic rings. The molecule has 0 unspecified atom stereocenters. The summed E-state index contributed by atoms with van der Waals surface area (Å²) in [4.78, 5) is 113. The van der Waals surface area contributed by atoms with Crippen molar-refractivity contribution < 1.29 is 43.5 Å². The molecule has 0 saturated carbocycles. The van der Waals surface area contributed by atoms with Gasteiger partial charge in [-0.15, -0.1) is 0 Å². The molecule has 18 N–H and O–H groups in total. The first-order valence-electron chi connectivity index (χ1n) is 24.9. The Morgan fingerprint density at radius 3 is 1.39 bits per heavy atom. The average Bonchev–Trinajstić information content (AvgIpc) is 3.28. The van der Waals surface area contributed by atoms with E-state index in [0.717, 1.165) is 5.56 Å². The summed E-state index contributed by atoms with van der Waals surface area (Å²) in [6, 6.07) is -1.56. The minimum Gasteiger partial charge on any atom is -0.391 e. The maximum Gasteiger partial charge on any atom is 0.245 e. The molecule has 0 bridgehead atoms. The summed E-state index contributed by atoms with van der Waals surface area (Å²) < 4.78 is 0. The molecule has 23 heteroatoms. The molecular formula is C49H86N14O9. The number of amides is 8. The number of aliphatic hydroxyl groups excluding tert-OH is 1. The Hall–Kier alpha value is -6.36. The van der Waals surface area contributed by atoms with Gasteiger partial charge in [-0.05, 0) is 94.1 Å². The van der Waals surface area contributed by atoms with E-state index in [9.17, 15) is 43.5 Å². The number of amidine groups is 1. The van der Waals surface area contributed by atoms with Crippen LogP contribution in [-0.2, 0) is 44.9 Å². The molecule has 0 aromatic heterocycles. The van der Waals surface area contributed by atoms with E-state index in [2.05, 4.69) is 47.5 Å². The quantitative estimate of drug-likeness (QED) is 0.0237. The van der Waals surface area contributed by atoms with Gasteiger partial charge in [0.05, 0.1) is 6.10 Å². The highest BCUT2D eigenvalue weighted by Gasteiger charge is 2.36. The van der Waals surface area contributed by atoms with E-state index in [0.29, 0.717) is 24.9 Å². The molecule has 23 nitrogen and oxygen atoms in total. The predicted molar refractivity (Wildman–Crippen MR) is 276 cm³/mol. The number of nitrogens with zero attached hydrogens (tertiary/aromatic N) is 1. The Morgan fingerprint density at radius 2 is 0.972 bits per heavy atom. The summed E-state index contributed by atoms with van der Waals surface area (Å²) in [6.07, 6.45) is 0.711. The van der Waals surface area contributed by atoms with Gasteiger partial charge in [-0.1, -0.05) is 79.7 Å². The van der Waals surface area contributed by atoms with Crippen molar-refractivity contribution in [1.29, 1.82) is 5.41 Å². The van der Waals surface area contributed by atoms with Crippen LogP contribution in [0.15, 0.2) is 29.3 Å². The van der Waals surface area contributed by atoms with Crippen molar-refractivity contribution in [3.8, 4) is 0 Å². The van der Waals surface area contributed by atoms with Gasteiger partial charge < -0.3 is 70.6 Å². The highest BCUT2D eigenvalue weighted by Crippen LogP contribution is 2.14. The SMILES string of the molecule is CC(=O)N[C@H](C(=O)N[C@@H](CC(C)C)C(=O)N[C@@H](CC(C)C)C(=O)N[C@@H](CC(C)C)C(=O)N[C@@H](CCCN=C(N)N)C(=O)N[C@H](C(=O)N[C@@H](CCCCN)C(=O)NCc1ccc(C(=N)N)cc1)C(C)C)[C@@H](C)O. The molecule has 0 heterocycles. The number of aliphatic hydroxyl groups is 1. The van der Waals surface area contributed by atoms with E-state index in [1.54, 1.807) is 38.1 Å². The number of aliphatic imine (C=N–C) groups is 1. The van der Waals surface area contributed by atoms with Crippen LogP contribution in [-0.4, -0.2) is 126 Å². The molecule has 0 saturated heterocycles. The van der Waals surface area contributed by atoms with Crippen LogP contribution in [0.4, 0.5) is 0 Å². The molecule has 1 aromatic carbocycles. The largest absolute Gasteiger partial charge is 0.391 e. The molecule has 8 amide bonds. The van der Waals surface area contributed by atoms with Gasteiger partial charge in [0.2, 0.25) is 47.3 Å². The molecular weight excluding hydrogens is 929 g/mol. The van der Waals surface area contributed by atoms with Crippen LogP contribution in [0, 0.1) is 29.1 Å². The second-order valence-corrected chi connectivity index (χ2v) is 19.9. The number of benzene rings is 1. The van der Waals surface area contributed by atoms with Crippen LogP contribution in [0.3, 0.4) is 0 Å². The summed E-state index contributed by atoms with van der Waals surface area (Å²) >= 11 is 0. The summed E-state index contributed by atoms with van der Waals surface area (Å²) in [7, 11) is 0. The Kier molecular flexibility index (Phi) is 28.8. The third kappa shape index (κ3) is 24.7. The maximum atomic E-state index is 14.3. The van der Waals surface area contributed by atoms with Crippen LogP contribution >= 0.6 is 0 Å².